The fraction of sp³-hybridized carbons (Fsp3) is 0.757. The highest BCUT2D eigenvalue weighted by molar-refractivity contribution is 6.36. The molecule has 0 unspecified atom stereocenters. The van der Waals surface area contributed by atoms with Gasteiger partial charge in [0.1, 0.15) is 29.8 Å². The van der Waals surface area contributed by atoms with Crippen molar-refractivity contribution in [1.29, 1.82) is 0 Å². The van der Waals surface area contributed by atoms with Crippen LogP contribution in [-0.4, -0.2) is 131 Å². The highest BCUT2D eigenvalue weighted by Gasteiger charge is 2.51. The molecule has 1 aromatic carbocycles. The Morgan fingerprint density at radius 2 is 1.75 bits per heavy atom. The maximum Gasteiger partial charge on any atom is 0.322 e. The zero-order valence-corrected chi connectivity index (χ0v) is 33.8. The lowest BCUT2D eigenvalue weighted by Gasteiger charge is -2.47. The Hall–Kier alpha value is -2.07. The van der Waals surface area contributed by atoms with Crippen molar-refractivity contribution in [2.24, 2.45) is 17.8 Å². The molecule has 0 bridgehead atoms. The second-order valence-corrected chi connectivity index (χ2v) is 16.2. The largest absolute Gasteiger partial charge is 0.459 e. The third-order valence-electron chi connectivity index (χ3n) is 10.8. The Labute approximate surface area is 318 Å². The van der Waals surface area contributed by atoms with Crippen molar-refractivity contribution in [3.63, 3.8) is 0 Å². The smallest absolute Gasteiger partial charge is 0.322 e. The maximum absolute atomic E-state index is 14.1. The number of halogens is 2. The number of amides is 2. The Bertz CT molecular complexity index is 1400. The van der Waals surface area contributed by atoms with Crippen molar-refractivity contribution in [2.75, 3.05) is 33.1 Å². The second-order valence-electron chi connectivity index (χ2n) is 15.3. The first-order valence-electron chi connectivity index (χ1n) is 18.0. The van der Waals surface area contributed by atoms with Crippen molar-refractivity contribution >= 4 is 46.7 Å². The van der Waals surface area contributed by atoms with Gasteiger partial charge in [0.25, 0.3) is 0 Å². The SMILES string of the molecule is CC[C@H]1OC(=O)[C@H](C)C(=O)[C@H](C)[C@@H](O[C@@H]2O[C@H](C)C[C@H](N(C)C)[C@H]2O)[C@](C)(OC)C[C@@H](C)CN(C(=O)Nc2ccc(Cl)cc2Cl)[C@H](C)[C@@H](O)[C@]1(C)O. The molecule has 0 aliphatic carbocycles. The van der Waals surface area contributed by atoms with E-state index in [0.717, 1.165) is 0 Å². The summed E-state index contributed by atoms with van der Waals surface area (Å²) in [5.74, 6) is -4.05. The summed E-state index contributed by atoms with van der Waals surface area (Å²) >= 11 is 12.5. The number of aliphatic hydroxyl groups excluding tert-OH is 2. The molecule has 1 aromatic rings. The van der Waals surface area contributed by atoms with Gasteiger partial charge in [-0.15, -0.1) is 0 Å². The molecule has 52 heavy (non-hydrogen) atoms. The summed E-state index contributed by atoms with van der Waals surface area (Å²) in [7, 11) is 5.20. The number of likely N-dealkylation sites (N-methyl/N-ethyl adjacent to an activating group) is 1. The van der Waals surface area contributed by atoms with Crippen molar-refractivity contribution in [3.8, 4) is 0 Å². The normalized spacial score (nSPS) is 38.7. The number of ether oxygens (including phenoxy) is 4. The first-order chi connectivity index (χ1) is 24.1. The van der Waals surface area contributed by atoms with E-state index in [0.29, 0.717) is 11.4 Å². The number of hydrogen-bond donors (Lipinski definition) is 4. The Morgan fingerprint density at radius 3 is 2.31 bits per heavy atom. The number of methoxy groups -OCH3 is 1. The average molecular weight is 777 g/mol. The van der Waals surface area contributed by atoms with Crippen LogP contribution in [0, 0.1) is 17.8 Å². The summed E-state index contributed by atoms with van der Waals surface area (Å²) in [6.45, 7) is 13.2. The fourth-order valence-corrected chi connectivity index (χ4v) is 8.03. The first-order valence-corrected chi connectivity index (χ1v) is 18.7. The van der Waals surface area contributed by atoms with Crippen molar-refractivity contribution in [1.82, 2.24) is 9.80 Å². The van der Waals surface area contributed by atoms with E-state index in [-0.39, 0.29) is 48.2 Å². The number of benzene rings is 1. The predicted molar refractivity (Wildman–Crippen MR) is 198 cm³/mol. The van der Waals surface area contributed by atoms with Gasteiger partial charge in [-0.05, 0) is 92.1 Å². The number of esters is 1. The van der Waals surface area contributed by atoms with E-state index in [1.807, 2.05) is 32.8 Å². The van der Waals surface area contributed by atoms with Crippen LogP contribution in [0.1, 0.15) is 74.7 Å². The van der Waals surface area contributed by atoms with E-state index >= 15 is 0 Å². The number of nitrogens with one attached hydrogen (secondary N) is 1. The number of urea groups is 1. The molecule has 2 fully saturated rings. The molecule has 4 N–H and O–H groups in total. The predicted octanol–water partition coefficient (Wildman–Crippen LogP) is 4.75. The molecular weight excluding hydrogens is 717 g/mol. The molecule has 0 aromatic heterocycles. The summed E-state index contributed by atoms with van der Waals surface area (Å²) in [4.78, 5) is 45.1. The number of anilines is 1. The monoisotopic (exact) mass is 775 g/mol. The molecule has 13 atom stereocenters. The molecule has 2 aliphatic heterocycles. The van der Waals surface area contributed by atoms with E-state index in [1.54, 1.807) is 39.8 Å². The lowest BCUT2D eigenvalue weighted by molar-refractivity contribution is -0.295. The summed E-state index contributed by atoms with van der Waals surface area (Å²) in [5, 5.41) is 38.2. The number of Topliss-reactive ketones (excluding diaryl/α,β-unsaturated/α-hetero) is 1. The molecule has 0 spiro atoms. The van der Waals surface area contributed by atoms with Gasteiger partial charge in [-0.25, -0.2) is 4.79 Å². The average Bonchev–Trinajstić information content (AvgIpc) is 3.08. The molecular formula is C37H59Cl2N3O10. The Morgan fingerprint density at radius 1 is 1.12 bits per heavy atom. The minimum absolute atomic E-state index is 0.0363. The number of ketones is 1. The lowest BCUT2D eigenvalue weighted by atomic mass is 9.78. The lowest BCUT2D eigenvalue weighted by Crippen LogP contribution is -2.61. The molecule has 2 aliphatic rings. The van der Waals surface area contributed by atoms with E-state index < -0.39 is 77.6 Å². The zero-order chi connectivity index (χ0) is 39.5. The molecule has 0 saturated carbocycles. The number of aliphatic hydroxyl groups is 3. The van der Waals surface area contributed by atoms with Crippen LogP contribution in [0.5, 0.6) is 0 Å². The minimum Gasteiger partial charge on any atom is -0.459 e. The van der Waals surface area contributed by atoms with E-state index in [1.165, 1.54) is 31.9 Å². The molecule has 3 rings (SSSR count). The zero-order valence-electron chi connectivity index (χ0n) is 32.3. The summed E-state index contributed by atoms with van der Waals surface area (Å²) in [6.07, 6.45) is -5.52. The standard InChI is InChI=1S/C37H59Cl2N3O10/c1-12-28-37(8,48)31(45)23(6)42(35(47)40-26-14-13-24(38)16-25(26)39)18-19(2)17-36(7,49-11)32(21(4)29(43)22(5)33(46)51-28)52-34-30(44)27(41(9)10)15-20(3)50-34/h13-14,16,19-23,27-28,30-32,34,44-45,48H,12,15,17-18H2,1-11H3,(H,40,47)/t19-,20-,21+,22-,23-,27+,28-,30-,31-,32-,34+,36-,37-/m1/s1. The van der Waals surface area contributed by atoms with Crippen LogP contribution in [-0.2, 0) is 28.5 Å². The van der Waals surface area contributed by atoms with Gasteiger partial charge in [-0.3, -0.25) is 9.59 Å². The van der Waals surface area contributed by atoms with Gasteiger partial charge in [0.2, 0.25) is 0 Å². The topological polar surface area (TPSA) is 167 Å². The molecule has 2 heterocycles. The maximum atomic E-state index is 14.1. The van der Waals surface area contributed by atoms with Crippen molar-refractivity contribution in [2.45, 2.75) is 135 Å². The molecule has 296 valence electrons. The molecule has 0 radical (unpaired) electrons. The Balaban J connectivity index is 2.14. The van der Waals surface area contributed by atoms with Gasteiger partial charge in [0.15, 0.2) is 12.1 Å². The van der Waals surface area contributed by atoms with Crippen LogP contribution in [0.3, 0.4) is 0 Å². The van der Waals surface area contributed by atoms with E-state index in [9.17, 15) is 29.7 Å². The van der Waals surface area contributed by atoms with Crippen LogP contribution < -0.4 is 5.32 Å². The number of hydrogen-bond acceptors (Lipinski definition) is 11. The van der Waals surface area contributed by atoms with Gasteiger partial charge >= 0.3 is 12.0 Å². The first kappa shape index (κ1) is 44.3. The van der Waals surface area contributed by atoms with Gasteiger partial charge in [0.05, 0.1) is 34.6 Å². The quantitative estimate of drug-likeness (QED) is 0.233. The molecule has 15 heteroatoms. The van der Waals surface area contributed by atoms with E-state index in [4.69, 9.17) is 42.1 Å². The summed E-state index contributed by atoms with van der Waals surface area (Å²) < 4.78 is 24.6. The van der Waals surface area contributed by atoms with E-state index in [2.05, 4.69) is 5.32 Å². The molecule has 2 saturated heterocycles. The van der Waals surface area contributed by atoms with Crippen LogP contribution in [0.15, 0.2) is 18.2 Å². The number of carbonyl (C=O) groups excluding carboxylic acids is 3. The minimum atomic E-state index is -2.04. The third-order valence-corrected chi connectivity index (χ3v) is 11.4. The summed E-state index contributed by atoms with van der Waals surface area (Å²) in [5.41, 5.74) is -3.00. The van der Waals surface area contributed by atoms with Gasteiger partial charge < -0.3 is 49.4 Å². The van der Waals surface area contributed by atoms with Crippen molar-refractivity contribution in [3.05, 3.63) is 28.2 Å². The number of carbonyl (C=O) groups is 3. The van der Waals surface area contributed by atoms with Gasteiger partial charge in [0, 0.05) is 30.6 Å². The molecule has 13 nitrogen and oxygen atoms in total. The van der Waals surface area contributed by atoms with Crippen LogP contribution in [0.4, 0.5) is 10.5 Å². The molecule has 2 amide bonds. The third kappa shape index (κ3) is 9.96. The van der Waals surface area contributed by atoms with Gasteiger partial charge in [-0.1, -0.05) is 44.0 Å². The van der Waals surface area contributed by atoms with Crippen LogP contribution >= 0.6 is 23.2 Å². The van der Waals surface area contributed by atoms with Crippen LogP contribution in [0.25, 0.3) is 0 Å². The fourth-order valence-electron chi connectivity index (χ4n) is 7.58. The van der Waals surface area contributed by atoms with Crippen molar-refractivity contribution < 1.29 is 48.7 Å². The highest BCUT2D eigenvalue weighted by Crippen LogP contribution is 2.37. The highest BCUT2D eigenvalue weighted by atomic mass is 35.5. The number of cyclic esters (lactones) is 1. The Kier molecular flexibility index (Phi) is 15.4. The number of rotatable bonds is 6. The van der Waals surface area contributed by atoms with Crippen LogP contribution in [0.2, 0.25) is 10.0 Å². The second kappa shape index (κ2) is 18.0. The number of nitrogens with zero attached hydrogens (tertiary/aromatic N) is 2. The van der Waals surface area contributed by atoms with Gasteiger partial charge in [-0.2, -0.15) is 0 Å². The summed E-state index contributed by atoms with van der Waals surface area (Å²) in [6, 6.07) is 2.66.